The van der Waals surface area contributed by atoms with Crippen LogP contribution in [0.5, 0.6) is 0 Å². The van der Waals surface area contributed by atoms with Crippen LogP contribution >= 0.6 is 0 Å². The van der Waals surface area contributed by atoms with Gasteiger partial charge in [-0.25, -0.2) is 0 Å². The summed E-state index contributed by atoms with van der Waals surface area (Å²) in [7, 11) is 2.04. The van der Waals surface area contributed by atoms with E-state index in [1.165, 1.54) is 0 Å². The van der Waals surface area contributed by atoms with Gasteiger partial charge in [0.2, 0.25) is 11.8 Å². The Morgan fingerprint density at radius 1 is 1.40 bits per heavy atom. The maximum absolute atomic E-state index is 12.5. The van der Waals surface area contributed by atoms with Crippen molar-refractivity contribution in [1.29, 1.82) is 0 Å². The highest BCUT2D eigenvalue weighted by molar-refractivity contribution is 5.96. The summed E-state index contributed by atoms with van der Waals surface area (Å²) in [4.78, 5) is 28.4. The van der Waals surface area contributed by atoms with E-state index in [4.69, 9.17) is 4.74 Å². The van der Waals surface area contributed by atoms with Crippen molar-refractivity contribution >= 4 is 11.8 Å². The standard InChI is InChI=1S/C14H25N3O3/c1-9(2)12-14(19)17(10(3)13(18)15-12)8-11-7-16(4)5-6-20-11/h9-12H,5-8H2,1-4H3,(H,15,18). The minimum Gasteiger partial charge on any atom is -0.374 e. The Kier molecular flexibility index (Phi) is 4.65. The second kappa shape index (κ2) is 6.10. The molecule has 0 bridgehead atoms. The fourth-order valence-corrected chi connectivity index (χ4v) is 2.74. The van der Waals surface area contributed by atoms with Crippen LogP contribution in [0, 0.1) is 5.92 Å². The fourth-order valence-electron chi connectivity index (χ4n) is 2.74. The molecule has 2 aliphatic rings. The lowest BCUT2D eigenvalue weighted by Crippen LogP contribution is -2.65. The summed E-state index contributed by atoms with van der Waals surface area (Å²) in [6, 6.07) is -0.839. The first-order valence-corrected chi connectivity index (χ1v) is 7.31. The Labute approximate surface area is 120 Å². The van der Waals surface area contributed by atoms with E-state index in [-0.39, 0.29) is 23.8 Å². The maximum atomic E-state index is 12.5. The SMILES string of the molecule is CC(C)C1NC(=O)C(C)N(CC2CN(C)CCO2)C1=O. The Morgan fingerprint density at radius 3 is 2.70 bits per heavy atom. The number of nitrogens with one attached hydrogen (secondary N) is 1. The molecule has 2 rings (SSSR count). The summed E-state index contributed by atoms with van der Waals surface area (Å²) >= 11 is 0. The molecule has 0 aliphatic carbocycles. The molecule has 0 saturated carbocycles. The van der Waals surface area contributed by atoms with Gasteiger partial charge in [-0.15, -0.1) is 0 Å². The van der Waals surface area contributed by atoms with Crippen molar-refractivity contribution in [3.63, 3.8) is 0 Å². The number of carbonyl (C=O) groups excluding carboxylic acids is 2. The minimum absolute atomic E-state index is 0.00364. The van der Waals surface area contributed by atoms with Crippen molar-refractivity contribution in [2.75, 3.05) is 33.3 Å². The number of carbonyl (C=O) groups is 2. The molecule has 2 heterocycles. The number of nitrogens with zero attached hydrogens (tertiary/aromatic N) is 2. The third-order valence-corrected chi connectivity index (χ3v) is 4.10. The molecule has 0 aromatic rings. The molecule has 3 unspecified atom stereocenters. The predicted molar refractivity (Wildman–Crippen MR) is 75.2 cm³/mol. The molecular weight excluding hydrogens is 258 g/mol. The Bertz CT molecular complexity index is 386. The lowest BCUT2D eigenvalue weighted by Gasteiger charge is -2.41. The second-order valence-corrected chi connectivity index (χ2v) is 6.15. The average molecular weight is 283 g/mol. The summed E-state index contributed by atoms with van der Waals surface area (Å²) in [5, 5.41) is 2.81. The molecule has 0 spiro atoms. The number of ether oxygens (including phenoxy) is 1. The number of hydrogen-bond acceptors (Lipinski definition) is 4. The van der Waals surface area contributed by atoms with E-state index < -0.39 is 12.1 Å². The Morgan fingerprint density at radius 2 is 2.10 bits per heavy atom. The second-order valence-electron chi connectivity index (χ2n) is 6.15. The minimum atomic E-state index is -0.423. The van der Waals surface area contributed by atoms with Gasteiger partial charge in [-0.05, 0) is 19.9 Å². The van der Waals surface area contributed by atoms with Crippen LogP contribution in [0.3, 0.4) is 0 Å². The van der Waals surface area contributed by atoms with E-state index in [2.05, 4.69) is 10.2 Å². The van der Waals surface area contributed by atoms with Crippen LogP contribution in [0.15, 0.2) is 0 Å². The van der Waals surface area contributed by atoms with E-state index in [9.17, 15) is 9.59 Å². The van der Waals surface area contributed by atoms with Crippen LogP contribution in [0.1, 0.15) is 20.8 Å². The third-order valence-electron chi connectivity index (χ3n) is 4.10. The van der Waals surface area contributed by atoms with Gasteiger partial charge in [0.05, 0.1) is 12.7 Å². The molecule has 2 aliphatic heterocycles. The van der Waals surface area contributed by atoms with E-state index in [1.54, 1.807) is 11.8 Å². The first-order valence-electron chi connectivity index (χ1n) is 7.31. The van der Waals surface area contributed by atoms with Crippen molar-refractivity contribution in [3.8, 4) is 0 Å². The summed E-state index contributed by atoms with van der Waals surface area (Å²) in [6.45, 7) is 8.54. The lowest BCUT2D eigenvalue weighted by atomic mass is 9.98. The molecule has 6 heteroatoms. The average Bonchev–Trinajstić information content (AvgIpc) is 2.38. The van der Waals surface area contributed by atoms with E-state index >= 15 is 0 Å². The quantitative estimate of drug-likeness (QED) is 0.772. The number of piperazine rings is 1. The number of hydrogen-bond donors (Lipinski definition) is 1. The monoisotopic (exact) mass is 283 g/mol. The van der Waals surface area contributed by atoms with E-state index in [0.29, 0.717) is 13.2 Å². The largest absolute Gasteiger partial charge is 0.374 e. The van der Waals surface area contributed by atoms with Crippen molar-refractivity contribution in [2.45, 2.75) is 39.0 Å². The smallest absolute Gasteiger partial charge is 0.246 e. The summed E-state index contributed by atoms with van der Waals surface area (Å²) in [5.41, 5.74) is 0. The van der Waals surface area contributed by atoms with Crippen molar-refractivity contribution in [1.82, 2.24) is 15.1 Å². The van der Waals surface area contributed by atoms with E-state index in [0.717, 1.165) is 13.1 Å². The van der Waals surface area contributed by atoms with Crippen LogP contribution in [-0.2, 0) is 14.3 Å². The van der Waals surface area contributed by atoms with Crippen molar-refractivity contribution in [2.24, 2.45) is 5.92 Å². The Hall–Kier alpha value is -1.14. The van der Waals surface area contributed by atoms with Gasteiger partial charge in [-0.2, -0.15) is 0 Å². The van der Waals surface area contributed by atoms with Crippen molar-refractivity contribution in [3.05, 3.63) is 0 Å². The first-order chi connectivity index (χ1) is 9.40. The maximum Gasteiger partial charge on any atom is 0.246 e. The normalized spacial score (nSPS) is 32.6. The van der Waals surface area contributed by atoms with Gasteiger partial charge in [0.25, 0.3) is 0 Å². The van der Waals surface area contributed by atoms with Crippen molar-refractivity contribution < 1.29 is 14.3 Å². The highest BCUT2D eigenvalue weighted by Crippen LogP contribution is 2.17. The molecule has 0 aromatic carbocycles. The first kappa shape index (κ1) is 15.3. The topological polar surface area (TPSA) is 61.9 Å². The zero-order valence-electron chi connectivity index (χ0n) is 12.8. The molecule has 0 radical (unpaired) electrons. The Balaban J connectivity index is 2.06. The van der Waals surface area contributed by atoms with Gasteiger partial charge in [0.15, 0.2) is 0 Å². The lowest BCUT2D eigenvalue weighted by molar-refractivity contribution is -0.153. The van der Waals surface area contributed by atoms with Crippen LogP contribution in [-0.4, -0.2) is 73.1 Å². The summed E-state index contributed by atoms with van der Waals surface area (Å²) in [6.07, 6.45) is -0.0149. The molecule has 2 saturated heterocycles. The van der Waals surface area contributed by atoms with Gasteiger partial charge in [-0.1, -0.05) is 13.8 Å². The molecule has 2 fully saturated rings. The molecule has 0 aromatic heterocycles. The van der Waals surface area contributed by atoms with Gasteiger partial charge in [0.1, 0.15) is 12.1 Å². The summed E-state index contributed by atoms with van der Waals surface area (Å²) in [5.74, 6) is 0.0211. The zero-order chi connectivity index (χ0) is 14.9. The summed E-state index contributed by atoms with van der Waals surface area (Å²) < 4.78 is 5.71. The molecule has 2 amide bonds. The molecule has 6 nitrogen and oxygen atoms in total. The number of morpholine rings is 1. The molecular formula is C14H25N3O3. The van der Waals surface area contributed by atoms with Gasteiger partial charge < -0.3 is 19.9 Å². The van der Waals surface area contributed by atoms with Crippen LogP contribution in [0.2, 0.25) is 0 Å². The highest BCUT2D eigenvalue weighted by atomic mass is 16.5. The molecule has 1 N–H and O–H groups in total. The molecule has 3 atom stereocenters. The van der Waals surface area contributed by atoms with Gasteiger partial charge in [-0.3, -0.25) is 9.59 Å². The van der Waals surface area contributed by atoms with Crippen LogP contribution in [0.4, 0.5) is 0 Å². The molecule has 20 heavy (non-hydrogen) atoms. The fraction of sp³-hybridized carbons (Fsp3) is 0.857. The number of amides is 2. The number of rotatable bonds is 3. The van der Waals surface area contributed by atoms with Gasteiger partial charge in [0, 0.05) is 19.6 Å². The number of likely N-dealkylation sites (N-methyl/N-ethyl adjacent to an activating group) is 1. The highest BCUT2D eigenvalue weighted by Gasteiger charge is 2.40. The van der Waals surface area contributed by atoms with E-state index in [1.807, 2.05) is 20.9 Å². The van der Waals surface area contributed by atoms with Crippen LogP contribution < -0.4 is 5.32 Å². The predicted octanol–water partition coefficient (Wildman–Crippen LogP) is -0.311. The zero-order valence-corrected chi connectivity index (χ0v) is 12.8. The third kappa shape index (κ3) is 3.12. The molecule has 114 valence electrons. The van der Waals surface area contributed by atoms with Gasteiger partial charge >= 0.3 is 0 Å². The van der Waals surface area contributed by atoms with Crippen LogP contribution in [0.25, 0.3) is 0 Å².